The number of hydrogen-bond acceptors (Lipinski definition) is 9. The van der Waals surface area contributed by atoms with E-state index in [0.717, 1.165) is 25.7 Å². The second-order valence-corrected chi connectivity index (χ2v) is 10.8. The number of ether oxygens (including phenoxy) is 2. The molecule has 11 heteroatoms. The van der Waals surface area contributed by atoms with E-state index < -0.39 is 37.6 Å². The summed E-state index contributed by atoms with van der Waals surface area (Å²) in [7, 11) is -3.92. The van der Waals surface area contributed by atoms with Crippen LogP contribution in [0.4, 0.5) is 0 Å². The monoisotopic (exact) mass is 495 g/mol. The van der Waals surface area contributed by atoms with Gasteiger partial charge in [-0.1, -0.05) is 5.92 Å². The Bertz CT molecular complexity index is 937. The Kier molecular flexibility index (Phi) is 7.60. The van der Waals surface area contributed by atoms with Gasteiger partial charge in [0.2, 0.25) is 5.91 Å². The van der Waals surface area contributed by atoms with Gasteiger partial charge in [-0.05, 0) is 51.5 Å². The zero-order valence-electron chi connectivity index (χ0n) is 19.2. The summed E-state index contributed by atoms with van der Waals surface area (Å²) in [5.41, 5.74) is -1.15. The lowest BCUT2D eigenvalue weighted by molar-refractivity contribution is -0.149. The van der Waals surface area contributed by atoms with Gasteiger partial charge in [0.05, 0.1) is 19.6 Å². The van der Waals surface area contributed by atoms with Gasteiger partial charge < -0.3 is 9.47 Å². The molecule has 3 heterocycles. The van der Waals surface area contributed by atoms with Gasteiger partial charge in [0.25, 0.3) is 0 Å². The second-order valence-electron chi connectivity index (χ2n) is 9.17. The fourth-order valence-electron chi connectivity index (χ4n) is 4.67. The van der Waals surface area contributed by atoms with E-state index in [9.17, 15) is 18.9 Å². The summed E-state index contributed by atoms with van der Waals surface area (Å²) in [6, 6.07) is 0. The molecule has 10 nitrogen and oxygen atoms in total. The highest BCUT2D eigenvalue weighted by Crippen LogP contribution is 2.59. The number of fused-ring (bicyclic) bond motifs is 1. The van der Waals surface area contributed by atoms with Crippen LogP contribution in [0.25, 0.3) is 0 Å². The topological polar surface area (TPSA) is 118 Å². The smallest absolute Gasteiger partial charge is 0.462 e. The second kappa shape index (κ2) is 10.3. The molecule has 1 saturated carbocycles. The molecule has 0 aromatic carbocycles. The number of hydrogen-bond donors (Lipinski definition) is 0. The van der Waals surface area contributed by atoms with Crippen molar-refractivity contribution in [3.05, 3.63) is 12.3 Å². The largest absolute Gasteiger partial charge is 0.475 e. The Morgan fingerprint density at radius 3 is 2.79 bits per heavy atom. The van der Waals surface area contributed by atoms with Crippen molar-refractivity contribution < 1.29 is 42.0 Å². The number of phosphoric acid groups is 1. The van der Waals surface area contributed by atoms with Crippen molar-refractivity contribution in [3.63, 3.8) is 0 Å². The maximum Gasteiger partial charge on any atom is 0.475 e. The molecular formula is C23H30NO9P. The predicted octanol–water partition coefficient (Wildman–Crippen LogP) is 2.86. The molecule has 0 aromatic heterocycles. The van der Waals surface area contributed by atoms with E-state index >= 15 is 0 Å². The Labute approximate surface area is 198 Å². The van der Waals surface area contributed by atoms with Crippen LogP contribution in [0.3, 0.4) is 0 Å². The van der Waals surface area contributed by atoms with Crippen molar-refractivity contribution in [1.29, 1.82) is 0 Å². The SMILES string of the molecule is C#C[C@]1(C)[C@@H]2O[P@](=O)(OCCCCC(=O)OC3CCCC3)OC[C@H]2O[C@H]1N1C=CC(=O)CC1=O. The van der Waals surface area contributed by atoms with Crippen LogP contribution in [0, 0.1) is 17.8 Å². The number of carbonyl (C=O) groups excluding carboxylic acids is 3. The number of phosphoric ester groups is 1. The molecule has 4 rings (SSSR count). The number of nitrogens with zero attached hydrogens (tertiary/aromatic N) is 1. The molecule has 0 aromatic rings. The molecule has 0 unspecified atom stereocenters. The molecule has 1 aliphatic carbocycles. The first-order valence-electron chi connectivity index (χ1n) is 11.7. The molecule has 2 saturated heterocycles. The van der Waals surface area contributed by atoms with Gasteiger partial charge in [0.1, 0.15) is 23.7 Å². The molecule has 5 atom stereocenters. The number of rotatable bonds is 8. The first kappa shape index (κ1) is 25.1. The quantitative estimate of drug-likeness (QED) is 0.165. The average molecular weight is 495 g/mol. The number of allylic oxidation sites excluding steroid dienone is 1. The van der Waals surface area contributed by atoms with Crippen molar-refractivity contribution in [2.24, 2.45) is 5.41 Å². The minimum absolute atomic E-state index is 0.0377. The van der Waals surface area contributed by atoms with Gasteiger partial charge in [-0.15, -0.1) is 6.42 Å². The molecule has 0 bridgehead atoms. The lowest BCUT2D eigenvalue weighted by Gasteiger charge is -2.37. The van der Waals surface area contributed by atoms with Crippen LogP contribution in [0.1, 0.15) is 58.3 Å². The number of unbranched alkanes of at least 4 members (excludes halogenated alkanes) is 1. The van der Waals surface area contributed by atoms with Crippen LogP contribution in [-0.4, -0.2) is 60.3 Å². The van der Waals surface area contributed by atoms with Gasteiger partial charge in [0, 0.05) is 12.6 Å². The molecule has 4 aliphatic rings. The van der Waals surface area contributed by atoms with Crippen molar-refractivity contribution >= 4 is 25.5 Å². The van der Waals surface area contributed by atoms with Crippen LogP contribution in [0.2, 0.25) is 0 Å². The zero-order chi connectivity index (χ0) is 24.3. The van der Waals surface area contributed by atoms with Crippen molar-refractivity contribution in [2.45, 2.75) is 82.8 Å². The number of terminal acetylenes is 1. The van der Waals surface area contributed by atoms with Crippen LogP contribution in [0.5, 0.6) is 0 Å². The summed E-state index contributed by atoms with van der Waals surface area (Å²) in [5.74, 6) is 1.66. The fraction of sp³-hybridized carbons (Fsp3) is 0.696. The summed E-state index contributed by atoms with van der Waals surface area (Å²) in [4.78, 5) is 37.1. The third kappa shape index (κ3) is 5.29. The summed E-state index contributed by atoms with van der Waals surface area (Å²) in [6.07, 6.45) is 11.1. The molecule has 1 amide bonds. The number of carbonyl (C=O) groups is 3. The number of esters is 1. The first-order valence-corrected chi connectivity index (χ1v) is 13.1. The van der Waals surface area contributed by atoms with E-state index in [2.05, 4.69) is 5.92 Å². The molecule has 0 spiro atoms. The van der Waals surface area contributed by atoms with Gasteiger partial charge >= 0.3 is 13.8 Å². The van der Waals surface area contributed by atoms with Gasteiger partial charge in [-0.2, -0.15) is 0 Å². The molecule has 3 aliphatic heterocycles. The fourth-order valence-corrected chi connectivity index (χ4v) is 6.18. The summed E-state index contributed by atoms with van der Waals surface area (Å²) < 4.78 is 41.0. The Balaban J connectivity index is 1.29. The third-order valence-corrected chi connectivity index (χ3v) is 8.06. The van der Waals surface area contributed by atoms with Crippen LogP contribution in [-0.2, 0) is 42.0 Å². The normalized spacial score (nSPS) is 35.9. The highest BCUT2D eigenvalue weighted by Gasteiger charge is 2.61. The first-order chi connectivity index (χ1) is 16.2. The predicted molar refractivity (Wildman–Crippen MR) is 118 cm³/mol. The van der Waals surface area contributed by atoms with E-state index in [0.29, 0.717) is 12.8 Å². The highest BCUT2D eigenvalue weighted by atomic mass is 31.2. The Morgan fingerprint density at radius 1 is 1.32 bits per heavy atom. The van der Waals surface area contributed by atoms with E-state index in [1.807, 2.05) is 0 Å². The third-order valence-electron chi connectivity index (χ3n) is 6.61. The minimum atomic E-state index is -3.92. The Morgan fingerprint density at radius 2 is 2.09 bits per heavy atom. The minimum Gasteiger partial charge on any atom is -0.462 e. The van der Waals surface area contributed by atoms with Gasteiger partial charge in [-0.25, -0.2) is 4.57 Å². The lowest BCUT2D eigenvalue weighted by Crippen LogP contribution is -2.49. The van der Waals surface area contributed by atoms with E-state index in [1.165, 1.54) is 17.2 Å². The zero-order valence-corrected chi connectivity index (χ0v) is 20.1. The summed E-state index contributed by atoms with van der Waals surface area (Å²) in [5, 5.41) is 0. The van der Waals surface area contributed by atoms with E-state index in [4.69, 9.17) is 29.5 Å². The average Bonchev–Trinajstić information content (AvgIpc) is 3.40. The van der Waals surface area contributed by atoms with Crippen molar-refractivity contribution in [1.82, 2.24) is 4.90 Å². The van der Waals surface area contributed by atoms with Crippen molar-refractivity contribution in [3.8, 4) is 12.3 Å². The molecule has 3 fully saturated rings. The maximum atomic E-state index is 13.1. The maximum absolute atomic E-state index is 13.1. The van der Waals surface area contributed by atoms with Gasteiger partial charge in [-0.3, -0.25) is 32.9 Å². The highest BCUT2D eigenvalue weighted by molar-refractivity contribution is 7.48. The van der Waals surface area contributed by atoms with E-state index in [-0.39, 0.29) is 43.9 Å². The van der Waals surface area contributed by atoms with Crippen LogP contribution >= 0.6 is 7.82 Å². The molecule has 186 valence electrons. The number of ketones is 1. The van der Waals surface area contributed by atoms with Crippen molar-refractivity contribution in [2.75, 3.05) is 13.2 Å². The van der Waals surface area contributed by atoms with Crippen LogP contribution in [0.15, 0.2) is 12.3 Å². The van der Waals surface area contributed by atoms with Crippen LogP contribution < -0.4 is 0 Å². The molecule has 0 N–H and O–H groups in total. The molecule has 0 radical (unpaired) electrons. The summed E-state index contributed by atoms with van der Waals surface area (Å²) >= 11 is 0. The lowest BCUT2D eigenvalue weighted by atomic mass is 9.82. The Hall–Kier alpha value is -2.02. The molecule has 34 heavy (non-hydrogen) atoms. The standard InChI is InChI=1S/C23H30NO9P/c1-3-23(2)21-18(32-22(23)24-12-11-16(25)14-19(24)26)15-30-34(28,33-21)29-13-7-6-10-20(27)31-17-8-4-5-9-17/h1,11-12,17-18,21-22H,4-10,13-15H2,2H3/t18-,21-,22-,23-,34-/m1/s1. The number of amides is 1. The van der Waals surface area contributed by atoms with Gasteiger partial charge in [0.15, 0.2) is 12.0 Å². The summed E-state index contributed by atoms with van der Waals surface area (Å²) in [6.45, 7) is 1.65. The molecular weight excluding hydrogens is 465 g/mol. The van der Waals surface area contributed by atoms with E-state index in [1.54, 1.807) is 6.92 Å².